The zero-order valence-electron chi connectivity index (χ0n) is 32.4. The third kappa shape index (κ3) is 7.85. The molecule has 49 heavy (non-hydrogen) atoms. The Bertz CT molecular complexity index is 1760. The monoisotopic (exact) mass is 725 g/mol. The Morgan fingerprint density at radius 3 is 1.86 bits per heavy atom. The Morgan fingerprint density at radius 2 is 1.37 bits per heavy atom. The summed E-state index contributed by atoms with van der Waals surface area (Å²) in [6.07, 6.45) is 3.39. The van der Waals surface area contributed by atoms with Gasteiger partial charge in [0.2, 0.25) is 5.95 Å². The molecule has 2 aromatic heterocycles. The van der Waals surface area contributed by atoms with Gasteiger partial charge in [0.1, 0.15) is 24.1 Å². The zero-order chi connectivity index (χ0) is 37.1. The van der Waals surface area contributed by atoms with Crippen molar-refractivity contribution in [3.8, 4) is 23.7 Å². The Hall–Kier alpha value is -2.58. The Morgan fingerprint density at radius 1 is 0.857 bits per heavy atom. The average molecular weight is 726 g/mol. The van der Waals surface area contributed by atoms with Gasteiger partial charge in [0.05, 0.1) is 6.61 Å². The highest BCUT2D eigenvalue weighted by Crippen LogP contribution is 2.47. The van der Waals surface area contributed by atoms with Crippen LogP contribution in [-0.4, -0.2) is 69.4 Å². The van der Waals surface area contributed by atoms with Crippen LogP contribution in [-0.2, 0) is 18.0 Å². The Kier molecular flexibility index (Phi) is 10.6. The minimum absolute atomic E-state index is 0.00142. The van der Waals surface area contributed by atoms with Crippen LogP contribution in [0.25, 0.3) is 22.6 Å². The third-order valence-electron chi connectivity index (χ3n) is 11.3. The van der Waals surface area contributed by atoms with Gasteiger partial charge in [-0.1, -0.05) is 80.4 Å². The summed E-state index contributed by atoms with van der Waals surface area (Å²) in [5.41, 5.74) is 7.67. The van der Waals surface area contributed by atoms with Crippen LogP contribution in [0.2, 0.25) is 54.4 Å². The van der Waals surface area contributed by atoms with Gasteiger partial charge in [0.25, 0.3) is 5.56 Å². The van der Waals surface area contributed by atoms with Crippen LogP contribution >= 0.6 is 0 Å². The van der Waals surface area contributed by atoms with Crippen molar-refractivity contribution in [1.82, 2.24) is 19.5 Å². The minimum Gasteiger partial charge on any atom is -0.414 e. The molecule has 4 rings (SSSR count). The maximum absolute atomic E-state index is 13.3. The number of hydrogen-bond donors (Lipinski definition) is 2. The van der Waals surface area contributed by atoms with Crippen molar-refractivity contribution >= 4 is 42.1 Å². The van der Waals surface area contributed by atoms with Crippen molar-refractivity contribution in [2.24, 2.45) is 0 Å². The van der Waals surface area contributed by atoms with Gasteiger partial charge in [-0.3, -0.25) is 14.3 Å². The van der Waals surface area contributed by atoms with Crippen LogP contribution in [0.4, 0.5) is 5.95 Å². The number of nitrogens with two attached hydrogens (primary N) is 1. The summed E-state index contributed by atoms with van der Waals surface area (Å²) >= 11 is 0. The second kappa shape index (κ2) is 13.2. The molecule has 0 unspecified atom stereocenters. The minimum atomic E-state index is -2.45. The lowest BCUT2D eigenvalue weighted by molar-refractivity contribution is -0.0462. The Balaban J connectivity index is 2.01. The summed E-state index contributed by atoms with van der Waals surface area (Å²) in [5.74, 6) is 3.15. The van der Waals surface area contributed by atoms with Crippen molar-refractivity contribution < 1.29 is 18.0 Å². The van der Waals surface area contributed by atoms with Gasteiger partial charge >= 0.3 is 0 Å². The van der Waals surface area contributed by atoms with Gasteiger partial charge in [0.15, 0.2) is 42.3 Å². The van der Waals surface area contributed by atoms with E-state index < -0.39 is 55.1 Å². The number of hydrogen-bond acceptors (Lipinski definition) is 8. The van der Waals surface area contributed by atoms with E-state index >= 15 is 0 Å². The quantitative estimate of drug-likeness (QED) is 0.168. The molecule has 0 bridgehead atoms. The number of fused-ring (bicyclic) bond motifs is 1. The fraction of sp³-hybridized carbons (Fsp3) is 0.639. The van der Waals surface area contributed by atoms with E-state index in [1.165, 1.54) is 0 Å². The predicted octanol–water partition coefficient (Wildman–Crippen LogP) is 8.05. The molecule has 3 heterocycles. The summed E-state index contributed by atoms with van der Waals surface area (Å²) in [4.78, 5) is 25.4. The summed E-state index contributed by atoms with van der Waals surface area (Å²) < 4.78 is 30.6. The first-order chi connectivity index (χ1) is 22.2. The van der Waals surface area contributed by atoms with Crippen molar-refractivity contribution in [3.05, 3.63) is 40.2 Å². The first-order valence-electron chi connectivity index (χ1n) is 17.2. The molecule has 10 nitrogen and oxygen atoms in total. The molecule has 1 aromatic carbocycles. The number of aromatic nitrogens is 4. The van der Waals surface area contributed by atoms with Gasteiger partial charge in [-0.25, -0.2) is 4.98 Å². The van der Waals surface area contributed by atoms with E-state index in [-0.39, 0.29) is 26.6 Å². The summed E-state index contributed by atoms with van der Waals surface area (Å²) in [6, 6.07) is 7.49. The van der Waals surface area contributed by atoms with Gasteiger partial charge < -0.3 is 23.7 Å². The number of aromatic amines is 1. The first kappa shape index (κ1) is 39.2. The molecule has 270 valence electrons. The number of terminal acetylenes is 1. The molecular weight excluding hydrogens is 667 g/mol. The van der Waals surface area contributed by atoms with Crippen LogP contribution in [0.5, 0.6) is 0 Å². The number of anilines is 1. The molecule has 0 spiro atoms. The van der Waals surface area contributed by atoms with Crippen molar-refractivity contribution in [3.63, 3.8) is 0 Å². The number of nitrogen functional groups attached to an aromatic ring is 1. The molecule has 0 saturated carbocycles. The average Bonchev–Trinajstić information content (AvgIpc) is 3.47. The van der Waals surface area contributed by atoms with Crippen molar-refractivity contribution in [1.29, 1.82) is 0 Å². The molecule has 1 aliphatic rings. The largest absolute Gasteiger partial charge is 0.414 e. The van der Waals surface area contributed by atoms with E-state index in [2.05, 4.69) is 117 Å². The van der Waals surface area contributed by atoms with Crippen LogP contribution in [0.3, 0.4) is 0 Å². The topological polar surface area (TPSA) is 127 Å². The SMILES string of the molecule is C#Cc1ccc(-c2nc3c(=O)[nH]c(N)nc3n2[C@@H]2O[C@H](CO[Si](C)(C)C(C)(C)C)[C@@H](O[Si](C)(C)C(C)(C)C)[C@H]2O[Si](C)(C)C(C)(C)C)cc1. The number of nitrogens with one attached hydrogen (secondary N) is 1. The van der Waals surface area contributed by atoms with Crippen molar-refractivity contribution in [2.45, 2.75) is 141 Å². The van der Waals surface area contributed by atoms with Gasteiger partial charge in [-0.15, -0.1) is 6.42 Å². The molecular formula is C36H59N5O5Si3. The van der Waals surface area contributed by atoms with Crippen LogP contribution in [0.1, 0.15) is 74.1 Å². The van der Waals surface area contributed by atoms with E-state index in [1.807, 2.05) is 28.8 Å². The molecule has 1 aliphatic heterocycles. The highest BCUT2D eigenvalue weighted by molar-refractivity contribution is 6.75. The second-order valence-corrected chi connectivity index (χ2v) is 32.3. The van der Waals surface area contributed by atoms with Crippen LogP contribution in [0.15, 0.2) is 29.1 Å². The lowest BCUT2D eigenvalue weighted by Crippen LogP contribution is -2.54. The van der Waals surface area contributed by atoms with Crippen LogP contribution < -0.4 is 11.3 Å². The number of nitrogens with zero attached hydrogens (tertiary/aromatic N) is 3. The third-order valence-corrected chi connectivity index (χ3v) is 24.8. The van der Waals surface area contributed by atoms with E-state index in [4.69, 9.17) is 35.2 Å². The van der Waals surface area contributed by atoms with E-state index in [9.17, 15) is 4.79 Å². The number of ether oxygens (including phenoxy) is 1. The fourth-order valence-corrected chi connectivity index (χ4v) is 8.64. The highest BCUT2D eigenvalue weighted by Gasteiger charge is 2.55. The Labute approximate surface area is 296 Å². The highest BCUT2D eigenvalue weighted by atomic mass is 28.4. The van der Waals surface area contributed by atoms with Gasteiger partial charge in [0, 0.05) is 11.1 Å². The molecule has 4 atom stereocenters. The molecule has 0 radical (unpaired) electrons. The first-order valence-corrected chi connectivity index (χ1v) is 25.9. The number of imidazole rings is 1. The zero-order valence-corrected chi connectivity index (χ0v) is 35.4. The molecule has 3 aromatic rings. The molecule has 3 N–H and O–H groups in total. The van der Waals surface area contributed by atoms with Gasteiger partial charge in [-0.2, -0.15) is 4.98 Å². The lowest BCUT2D eigenvalue weighted by Gasteiger charge is -2.44. The normalized spacial score (nSPS) is 21.3. The maximum Gasteiger partial charge on any atom is 0.280 e. The van der Waals surface area contributed by atoms with Crippen LogP contribution in [0, 0.1) is 12.3 Å². The molecule has 0 amide bonds. The van der Waals surface area contributed by atoms with Gasteiger partial charge in [-0.05, 0) is 66.5 Å². The predicted molar refractivity (Wildman–Crippen MR) is 207 cm³/mol. The number of H-pyrrole nitrogens is 1. The van der Waals surface area contributed by atoms with E-state index in [0.717, 1.165) is 11.1 Å². The smallest absolute Gasteiger partial charge is 0.280 e. The van der Waals surface area contributed by atoms with Crippen molar-refractivity contribution in [2.75, 3.05) is 12.3 Å². The number of rotatable bonds is 9. The fourth-order valence-electron chi connectivity index (χ4n) is 5.02. The second-order valence-electron chi connectivity index (χ2n) is 18.0. The summed E-state index contributed by atoms with van der Waals surface area (Å²) in [6.45, 7) is 33.8. The maximum atomic E-state index is 13.3. The molecule has 13 heteroatoms. The number of benzene rings is 1. The molecule has 0 aliphatic carbocycles. The molecule has 1 fully saturated rings. The van der Waals surface area contributed by atoms with E-state index in [1.54, 1.807) is 0 Å². The lowest BCUT2D eigenvalue weighted by atomic mass is 10.1. The standard InChI is InChI=1S/C36H59N5O5Si3/c1-17-23-18-20-24(21-19-23)29-38-26-30(39-33(37)40-31(26)42)41(29)32-28(46-49(15,16)36(8,9)10)27(45-48(13,14)35(5,6)7)25(44-32)22-43-47(11,12)34(2,3)4/h1,18-21,25,27-28,32H,22H2,2-16H3,(H3,37,39,40,42)/t25-,27-,28-,32-/m1/s1. The summed E-state index contributed by atoms with van der Waals surface area (Å²) in [7, 11) is -7.02. The molecule has 1 saturated heterocycles. The van der Waals surface area contributed by atoms with E-state index in [0.29, 0.717) is 18.1 Å². The summed E-state index contributed by atoms with van der Waals surface area (Å²) in [5, 5.41) is -0.190.